The van der Waals surface area contributed by atoms with Crippen molar-refractivity contribution in [2.45, 2.75) is 65.4 Å². The van der Waals surface area contributed by atoms with Gasteiger partial charge in [0, 0.05) is 71.3 Å². The smallest absolute Gasteiger partial charge is 0.144 e. The Kier molecular flexibility index (Phi) is 7.20. The van der Waals surface area contributed by atoms with Crippen LogP contribution in [0, 0.1) is 11.2 Å². The van der Waals surface area contributed by atoms with E-state index in [0.29, 0.717) is 27.9 Å². The van der Waals surface area contributed by atoms with Gasteiger partial charge in [-0.3, -0.25) is 15.0 Å². The van der Waals surface area contributed by atoms with E-state index in [-0.39, 0.29) is 44.5 Å². The summed E-state index contributed by atoms with van der Waals surface area (Å²) in [5.74, 6) is -1.10. The minimum absolute atomic E-state index is 0.0173. The van der Waals surface area contributed by atoms with Crippen LogP contribution in [-0.4, -0.2) is 15.0 Å². The van der Waals surface area contributed by atoms with Crippen molar-refractivity contribution in [2.24, 2.45) is 5.41 Å². The molecule has 5 heteroatoms. The molecule has 0 saturated carbocycles. The lowest BCUT2D eigenvalue weighted by atomic mass is 9.85. The van der Waals surface area contributed by atoms with Gasteiger partial charge in [0.05, 0.1) is 19.8 Å². The van der Waals surface area contributed by atoms with E-state index in [9.17, 15) is 23.6 Å². The molecule has 0 amide bonds. The molecule has 0 aliphatic carbocycles. The minimum atomic E-state index is -3.39. The Hall–Kier alpha value is -6.72. The normalized spacial score (nSPS) is 17.2. The van der Waals surface area contributed by atoms with E-state index >= 15 is 0 Å². The van der Waals surface area contributed by atoms with Crippen molar-refractivity contribution in [2.75, 3.05) is 0 Å². The highest BCUT2D eigenvalue weighted by Crippen LogP contribution is 2.37. The number of aromatic nitrogens is 3. The third-order valence-corrected chi connectivity index (χ3v) is 9.65. The second-order valence-corrected chi connectivity index (χ2v) is 15.4. The van der Waals surface area contributed by atoms with Crippen LogP contribution in [0.4, 0.5) is 4.39 Å². The van der Waals surface area contributed by atoms with Crippen molar-refractivity contribution in [3.8, 4) is 33.8 Å². The van der Waals surface area contributed by atoms with Gasteiger partial charge in [-0.15, -0.1) is 0 Å². The Morgan fingerprint density at radius 3 is 1.66 bits per heavy atom. The fourth-order valence-electron chi connectivity index (χ4n) is 6.82. The van der Waals surface area contributed by atoms with Crippen LogP contribution in [0.15, 0.2) is 169 Å². The average molecular weight is 816 g/mol. The summed E-state index contributed by atoms with van der Waals surface area (Å²) >= 11 is 0. The van der Waals surface area contributed by atoms with Crippen LogP contribution in [0.5, 0.6) is 0 Å². The topological polar surface area (TPSA) is 51.8 Å². The molecule has 9 aromatic rings. The van der Waals surface area contributed by atoms with Gasteiger partial charge in [0.2, 0.25) is 0 Å². The molecule has 0 N–H and O–H groups in total. The summed E-state index contributed by atoms with van der Waals surface area (Å²) in [4.78, 5) is 13.3. The number of halogens is 1. The van der Waals surface area contributed by atoms with Crippen molar-refractivity contribution >= 4 is 21.9 Å². The Bertz CT molecular complexity index is 3570. The second kappa shape index (κ2) is 17.5. The van der Waals surface area contributed by atoms with E-state index < -0.39 is 90.2 Å². The van der Waals surface area contributed by atoms with Gasteiger partial charge in [-0.05, 0) is 125 Å². The molecular formula is C56H50FN3O. The summed E-state index contributed by atoms with van der Waals surface area (Å²) in [5.41, 5.74) is -2.37. The summed E-state index contributed by atoms with van der Waals surface area (Å²) in [6.07, 6.45) is -18.3. The van der Waals surface area contributed by atoms with E-state index in [0.717, 1.165) is 36.8 Å². The van der Waals surface area contributed by atoms with Crippen molar-refractivity contribution in [1.29, 1.82) is 0 Å². The van der Waals surface area contributed by atoms with Crippen molar-refractivity contribution in [1.82, 2.24) is 15.0 Å². The number of aryl methyl sites for hydroxylation is 6. The van der Waals surface area contributed by atoms with E-state index in [1.54, 1.807) is 87.5 Å². The first kappa shape index (κ1) is 25.1. The first-order valence-corrected chi connectivity index (χ1v) is 19.7. The second-order valence-electron chi connectivity index (χ2n) is 15.4. The largest absolute Gasteiger partial charge is 0.455 e. The predicted molar refractivity (Wildman–Crippen MR) is 248 cm³/mol. The van der Waals surface area contributed by atoms with E-state index in [2.05, 4.69) is 15.0 Å². The Morgan fingerprint density at radius 2 is 1.10 bits per heavy atom. The lowest BCUT2D eigenvalue weighted by Gasteiger charge is -2.21. The third kappa shape index (κ3) is 9.53. The highest BCUT2D eigenvalue weighted by Gasteiger charge is 2.19. The minimum Gasteiger partial charge on any atom is -0.455 e. The molecule has 5 aromatic carbocycles. The number of furan rings is 1. The van der Waals surface area contributed by atoms with Gasteiger partial charge in [0.1, 0.15) is 17.0 Å². The Morgan fingerprint density at radius 1 is 0.541 bits per heavy atom. The maximum Gasteiger partial charge on any atom is 0.144 e. The van der Waals surface area contributed by atoms with Crippen molar-refractivity contribution in [3.05, 3.63) is 209 Å². The first-order chi connectivity index (χ1) is 35.9. The molecule has 0 aliphatic heterocycles. The van der Waals surface area contributed by atoms with Gasteiger partial charge in [0.15, 0.2) is 0 Å². The van der Waals surface area contributed by atoms with Gasteiger partial charge in [-0.2, -0.15) is 0 Å². The van der Waals surface area contributed by atoms with Crippen molar-refractivity contribution < 1.29 is 30.7 Å². The van der Waals surface area contributed by atoms with E-state index in [4.69, 9.17) is 7.16 Å². The molecule has 0 fully saturated rings. The van der Waals surface area contributed by atoms with Gasteiger partial charge in [0.25, 0.3) is 0 Å². The Labute approximate surface area is 380 Å². The summed E-state index contributed by atoms with van der Waals surface area (Å²) in [6, 6.07) is 32.4. The van der Waals surface area contributed by atoms with Crippen LogP contribution in [0.3, 0.4) is 0 Å². The lowest BCUT2D eigenvalue weighted by molar-refractivity contribution is 0.409. The molecule has 61 heavy (non-hydrogen) atoms. The highest BCUT2D eigenvalue weighted by molar-refractivity contribution is 6.09. The van der Waals surface area contributed by atoms with Gasteiger partial charge >= 0.3 is 0 Å². The summed E-state index contributed by atoms with van der Waals surface area (Å²) in [7, 11) is 0. The molecule has 4 aromatic heterocycles. The summed E-state index contributed by atoms with van der Waals surface area (Å²) in [6.45, 7) is 4.67. The number of hydrogen-bond donors (Lipinski definition) is 0. The van der Waals surface area contributed by atoms with Crippen LogP contribution in [0.25, 0.3) is 55.7 Å². The molecule has 0 bridgehead atoms. The number of rotatable bonds is 13. The zero-order chi connectivity index (χ0) is 56.1. The number of pyridine rings is 3. The third-order valence-electron chi connectivity index (χ3n) is 9.65. The van der Waals surface area contributed by atoms with Crippen LogP contribution < -0.4 is 0 Å². The SMILES string of the molecule is [2H]c1cc2c(oc3c(-c4cc(C([2H])([2H])C(C)(C)C)c(C([2H])([2H])C([2H])([2H])c5cc(C([2H])([2H])C([2H])([2H])c6ccc(-c7ccccc7)nc6)cc(C([2H])([2H])C([2H])([2H])c6ccc(-c7ccccc7)nc6)c5)cn4)cccc32)c([2H])c1F. The standard InChI is InChI=1S/C56H50FN3O/c1-56(2,3)34-46-32-53(50-16-10-15-49-48-26-25-47(57)33-54(48)61-55(49)50)60-37-45(46)24-21-42-30-40(19-17-38-22-27-51(58-35-38)43-11-6-4-7-12-43)29-41(31-42)20-18-39-23-28-52(59-36-39)44-13-8-5-9-14-44/h4-16,22-23,25-33,35-37H,17-21,24,34H2,1-3H3/i17D2,18D2,19D2,20D2,21D2,24D2,25D,33D,34D2. The summed E-state index contributed by atoms with van der Waals surface area (Å²) < 4.78 is 171. The zero-order valence-corrected chi connectivity index (χ0v) is 33.6. The van der Waals surface area contributed by atoms with Crippen LogP contribution >= 0.6 is 0 Å². The molecule has 302 valence electrons. The van der Waals surface area contributed by atoms with Gasteiger partial charge in [-0.1, -0.05) is 124 Å². The maximum absolute atomic E-state index is 14.8. The molecule has 0 spiro atoms. The maximum atomic E-state index is 14.8. The molecule has 0 atom stereocenters. The molecule has 4 nitrogen and oxygen atoms in total. The number of nitrogens with zero attached hydrogens (tertiary/aromatic N) is 3. The van der Waals surface area contributed by atoms with Gasteiger partial charge in [-0.25, -0.2) is 4.39 Å². The molecule has 0 radical (unpaired) electrons. The van der Waals surface area contributed by atoms with Crippen LogP contribution in [-0.2, 0) is 44.6 Å². The number of para-hydroxylation sites is 1. The fraction of sp³-hybridized carbons (Fsp3) is 0.196. The van der Waals surface area contributed by atoms with Crippen LogP contribution in [0.2, 0.25) is 0 Å². The molecule has 9 rings (SSSR count). The first-order valence-electron chi connectivity index (χ1n) is 27.7. The van der Waals surface area contributed by atoms with Gasteiger partial charge < -0.3 is 4.42 Å². The van der Waals surface area contributed by atoms with Crippen LogP contribution in [0.1, 0.15) is 81.6 Å². The van der Waals surface area contributed by atoms with Crippen molar-refractivity contribution in [3.63, 3.8) is 0 Å². The molecule has 0 aliphatic rings. The number of benzene rings is 5. The monoisotopic (exact) mass is 815 g/mol. The quantitative estimate of drug-likeness (QED) is 0.116. The average Bonchev–Trinajstić information content (AvgIpc) is 3.80. The highest BCUT2D eigenvalue weighted by atomic mass is 19.1. The summed E-state index contributed by atoms with van der Waals surface area (Å²) in [5, 5.41) is 0.638. The lowest BCUT2D eigenvalue weighted by Crippen LogP contribution is -2.12. The predicted octanol–water partition coefficient (Wildman–Crippen LogP) is 13.9. The number of fused-ring (bicyclic) bond motifs is 3. The molecule has 0 unspecified atom stereocenters. The molecular weight excluding hydrogens is 750 g/mol. The van der Waals surface area contributed by atoms with E-state index in [1.165, 1.54) is 36.4 Å². The molecule has 0 saturated heterocycles. The Balaban J connectivity index is 1.21. The van der Waals surface area contributed by atoms with E-state index in [1.807, 2.05) is 12.1 Å². The number of hydrogen-bond acceptors (Lipinski definition) is 4. The fourth-order valence-corrected chi connectivity index (χ4v) is 6.82. The zero-order valence-electron chi connectivity index (χ0n) is 49.6. The molecule has 4 heterocycles.